The zero-order chi connectivity index (χ0) is 12.9. The van der Waals surface area contributed by atoms with E-state index in [0.29, 0.717) is 6.42 Å². The number of carbonyl (C=O) groups is 1. The topological polar surface area (TPSA) is 58.6 Å². The van der Waals surface area contributed by atoms with E-state index < -0.39 is 17.6 Å². The molecule has 0 radical (unpaired) electrons. The molecule has 0 aliphatic rings. The summed E-state index contributed by atoms with van der Waals surface area (Å²) in [6.45, 7) is 5.38. The molecule has 0 spiro atoms. The second-order valence-electron chi connectivity index (χ2n) is 4.90. The SMILES string of the molecule is CC(C)(C)OC(=O)C(Cc1ccccc1)NO. The van der Waals surface area contributed by atoms with Crippen LogP contribution in [0.2, 0.25) is 0 Å². The summed E-state index contributed by atoms with van der Waals surface area (Å²) in [6.07, 6.45) is 0.395. The fraction of sp³-hybridized carbons (Fsp3) is 0.462. The van der Waals surface area contributed by atoms with Gasteiger partial charge >= 0.3 is 5.97 Å². The molecule has 0 heterocycles. The molecule has 4 heteroatoms. The molecular formula is C13H19NO3. The molecule has 17 heavy (non-hydrogen) atoms. The quantitative estimate of drug-likeness (QED) is 0.620. The van der Waals surface area contributed by atoms with Crippen molar-refractivity contribution in [1.29, 1.82) is 0 Å². The van der Waals surface area contributed by atoms with Crippen LogP contribution in [0.5, 0.6) is 0 Å². The molecule has 1 unspecified atom stereocenters. The van der Waals surface area contributed by atoms with Crippen molar-refractivity contribution in [3.8, 4) is 0 Å². The molecule has 0 saturated heterocycles. The van der Waals surface area contributed by atoms with Gasteiger partial charge in [0.25, 0.3) is 0 Å². The van der Waals surface area contributed by atoms with E-state index in [9.17, 15) is 4.79 Å². The average molecular weight is 237 g/mol. The van der Waals surface area contributed by atoms with Crippen LogP contribution < -0.4 is 5.48 Å². The molecule has 0 aromatic heterocycles. The highest BCUT2D eigenvalue weighted by Gasteiger charge is 2.24. The lowest BCUT2D eigenvalue weighted by molar-refractivity contribution is -0.160. The lowest BCUT2D eigenvalue weighted by Gasteiger charge is -2.23. The van der Waals surface area contributed by atoms with E-state index in [1.807, 2.05) is 35.8 Å². The highest BCUT2D eigenvalue weighted by atomic mass is 16.6. The summed E-state index contributed by atoms with van der Waals surface area (Å²) in [5, 5.41) is 9.00. The maximum atomic E-state index is 11.7. The maximum absolute atomic E-state index is 11.7. The van der Waals surface area contributed by atoms with Gasteiger partial charge in [-0.05, 0) is 26.3 Å². The normalized spacial score (nSPS) is 13.2. The Morgan fingerprint density at radius 1 is 1.35 bits per heavy atom. The molecule has 0 saturated carbocycles. The van der Waals surface area contributed by atoms with Gasteiger partial charge in [-0.25, -0.2) is 0 Å². The van der Waals surface area contributed by atoms with Gasteiger partial charge in [0.15, 0.2) is 0 Å². The molecule has 1 rings (SSSR count). The second kappa shape index (κ2) is 5.80. The van der Waals surface area contributed by atoms with Crippen molar-refractivity contribution in [2.24, 2.45) is 0 Å². The summed E-state index contributed by atoms with van der Waals surface area (Å²) in [4.78, 5) is 11.7. The highest BCUT2D eigenvalue weighted by Crippen LogP contribution is 2.11. The van der Waals surface area contributed by atoms with E-state index in [4.69, 9.17) is 9.94 Å². The van der Waals surface area contributed by atoms with Gasteiger partial charge in [0.1, 0.15) is 11.6 Å². The summed E-state index contributed by atoms with van der Waals surface area (Å²) in [5.41, 5.74) is 2.41. The van der Waals surface area contributed by atoms with E-state index in [2.05, 4.69) is 0 Å². The lowest BCUT2D eigenvalue weighted by Crippen LogP contribution is -2.41. The molecule has 1 aromatic rings. The molecule has 0 fully saturated rings. The van der Waals surface area contributed by atoms with Crippen molar-refractivity contribution >= 4 is 5.97 Å². The fourth-order valence-corrected chi connectivity index (χ4v) is 1.40. The summed E-state index contributed by atoms with van der Waals surface area (Å²) in [5.74, 6) is -0.455. The maximum Gasteiger partial charge on any atom is 0.326 e. The molecular weight excluding hydrogens is 218 g/mol. The van der Waals surface area contributed by atoms with Crippen LogP contribution in [0, 0.1) is 0 Å². The van der Waals surface area contributed by atoms with Crippen LogP contribution in [0.25, 0.3) is 0 Å². The summed E-state index contributed by atoms with van der Waals surface area (Å²) < 4.78 is 5.20. The molecule has 2 N–H and O–H groups in total. The first-order valence-corrected chi connectivity index (χ1v) is 5.59. The van der Waals surface area contributed by atoms with Crippen molar-refractivity contribution in [3.63, 3.8) is 0 Å². The Bertz CT molecular complexity index is 357. The van der Waals surface area contributed by atoms with Crippen LogP contribution in [0.3, 0.4) is 0 Å². The van der Waals surface area contributed by atoms with Gasteiger partial charge in [-0.15, -0.1) is 0 Å². The Hall–Kier alpha value is -1.39. The van der Waals surface area contributed by atoms with Gasteiger partial charge in [0.05, 0.1) is 0 Å². The zero-order valence-electron chi connectivity index (χ0n) is 10.4. The first-order chi connectivity index (χ1) is 7.92. The molecule has 0 bridgehead atoms. The van der Waals surface area contributed by atoms with Gasteiger partial charge in [0, 0.05) is 6.42 Å². The average Bonchev–Trinajstić information content (AvgIpc) is 2.24. The third-order valence-corrected chi connectivity index (χ3v) is 2.13. The number of esters is 1. The van der Waals surface area contributed by atoms with Gasteiger partial charge in [0.2, 0.25) is 0 Å². The van der Waals surface area contributed by atoms with E-state index in [1.54, 1.807) is 20.8 Å². The Morgan fingerprint density at radius 3 is 2.41 bits per heavy atom. The third kappa shape index (κ3) is 4.97. The van der Waals surface area contributed by atoms with Crippen LogP contribution in [-0.4, -0.2) is 22.8 Å². The van der Waals surface area contributed by atoms with Crippen LogP contribution in [0.4, 0.5) is 0 Å². The Balaban J connectivity index is 2.63. The van der Waals surface area contributed by atoms with E-state index in [0.717, 1.165) is 5.56 Å². The van der Waals surface area contributed by atoms with Crippen LogP contribution in [-0.2, 0) is 16.0 Å². The first-order valence-electron chi connectivity index (χ1n) is 5.59. The second-order valence-corrected chi connectivity index (χ2v) is 4.90. The minimum atomic E-state index is -0.739. The minimum absolute atomic E-state index is 0.395. The van der Waals surface area contributed by atoms with Crippen LogP contribution in [0.15, 0.2) is 30.3 Å². The lowest BCUT2D eigenvalue weighted by atomic mass is 10.1. The monoisotopic (exact) mass is 237 g/mol. The smallest absolute Gasteiger partial charge is 0.326 e. The Labute approximate surface area is 102 Å². The number of hydroxylamine groups is 1. The summed E-state index contributed by atoms with van der Waals surface area (Å²) in [6, 6.07) is 8.73. The van der Waals surface area contributed by atoms with Crippen LogP contribution in [0.1, 0.15) is 26.3 Å². The van der Waals surface area contributed by atoms with Crippen LogP contribution >= 0.6 is 0 Å². The molecule has 0 amide bonds. The standard InChI is InChI=1S/C13H19NO3/c1-13(2,3)17-12(15)11(14-16)9-10-7-5-4-6-8-10/h4-8,11,14,16H,9H2,1-3H3. The molecule has 94 valence electrons. The number of hydrogen-bond donors (Lipinski definition) is 2. The molecule has 1 atom stereocenters. The van der Waals surface area contributed by atoms with Crippen molar-refractivity contribution in [2.75, 3.05) is 0 Å². The number of ether oxygens (including phenoxy) is 1. The largest absolute Gasteiger partial charge is 0.459 e. The van der Waals surface area contributed by atoms with Crippen molar-refractivity contribution < 1.29 is 14.7 Å². The molecule has 0 aliphatic heterocycles. The van der Waals surface area contributed by atoms with Gasteiger partial charge < -0.3 is 9.94 Å². The van der Waals surface area contributed by atoms with E-state index in [-0.39, 0.29) is 0 Å². The predicted octanol–water partition coefficient (Wildman–Crippen LogP) is 1.92. The summed E-state index contributed by atoms with van der Waals surface area (Å²) in [7, 11) is 0. The minimum Gasteiger partial charge on any atom is -0.459 e. The zero-order valence-corrected chi connectivity index (χ0v) is 10.4. The number of benzene rings is 1. The number of nitrogens with one attached hydrogen (secondary N) is 1. The molecule has 1 aromatic carbocycles. The first kappa shape index (κ1) is 13.7. The Morgan fingerprint density at radius 2 is 1.94 bits per heavy atom. The van der Waals surface area contributed by atoms with Gasteiger partial charge in [-0.3, -0.25) is 4.79 Å². The molecule has 4 nitrogen and oxygen atoms in total. The highest BCUT2D eigenvalue weighted by molar-refractivity contribution is 5.76. The molecule has 0 aliphatic carbocycles. The van der Waals surface area contributed by atoms with E-state index >= 15 is 0 Å². The van der Waals surface area contributed by atoms with Crippen molar-refractivity contribution in [2.45, 2.75) is 38.8 Å². The van der Waals surface area contributed by atoms with Crippen molar-refractivity contribution in [3.05, 3.63) is 35.9 Å². The third-order valence-electron chi connectivity index (χ3n) is 2.13. The van der Waals surface area contributed by atoms with Crippen molar-refractivity contribution in [1.82, 2.24) is 5.48 Å². The Kier molecular flexibility index (Phi) is 4.66. The number of rotatable bonds is 4. The fourth-order valence-electron chi connectivity index (χ4n) is 1.40. The number of hydrogen-bond acceptors (Lipinski definition) is 4. The van der Waals surface area contributed by atoms with E-state index in [1.165, 1.54) is 0 Å². The predicted molar refractivity (Wildman–Crippen MR) is 64.7 cm³/mol. The van der Waals surface area contributed by atoms with Gasteiger partial charge in [-0.2, -0.15) is 5.48 Å². The summed E-state index contributed by atoms with van der Waals surface area (Å²) >= 11 is 0. The number of carbonyl (C=O) groups excluding carboxylic acids is 1. The van der Waals surface area contributed by atoms with Gasteiger partial charge in [-0.1, -0.05) is 30.3 Å².